The molecule has 1 saturated carbocycles. The summed E-state index contributed by atoms with van der Waals surface area (Å²) in [6.07, 6.45) is 5.17. The van der Waals surface area contributed by atoms with E-state index in [1.54, 1.807) is 36.1 Å². The summed E-state index contributed by atoms with van der Waals surface area (Å²) in [7, 11) is 0. The second-order valence-corrected chi connectivity index (χ2v) is 9.28. The van der Waals surface area contributed by atoms with Crippen molar-refractivity contribution in [1.29, 1.82) is 0 Å². The second kappa shape index (κ2) is 14.9. The van der Waals surface area contributed by atoms with Gasteiger partial charge in [0, 0.05) is 32.0 Å². The van der Waals surface area contributed by atoms with Crippen molar-refractivity contribution in [2.45, 2.75) is 89.7 Å². The van der Waals surface area contributed by atoms with Crippen molar-refractivity contribution in [3.63, 3.8) is 0 Å². The third kappa shape index (κ3) is 11.7. The largest absolute Gasteiger partial charge is 0.492 e. The molecule has 0 saturated heterocycles. The first-order valence-corrected chi connectivity index (χ1v) is 12.7. The Morgan fingerprint density at radius 2 is 1.83 bits per heavy atom. The predicted octanol–water partition coefficient (Wildman–Crippen LogP) is 5.27. The second-order valence-electron chi connectivity index (χ2n) is 9.28. The maximum atomic E-state index is 13.0. The van der Waals surface area contributed by atoms with Gasteiger partial charge >= 0.3 is 12.0 Å². The molecule has 2 amide bonds. The number of amides is 2. The van der Waals surface area contributed by atoms with Gasteiger partial charge in [0.15, 0.2) is 6.10 Å². The van der Waals surface area contributed by atoms with E-state index in [-0.39, 0.29) is 24.9 Å². The van der Waals surface area contributed by atoms with E-state index >= 15 is 0 Å². The number of carboxylic acid groups (broad SMARTS) is 1. The van der Waals surface area contributed by atoms with Crippen LogP contribution in [0.25, 0.3) is 0 Å². The minimum atomic E-state index is -2.65. The van der Waals surface area contributed by atoms with Crippen LogP contribution in [0.2, 0.25) is 0 Å². The van der Waals surface area contributed by atoms with E-state index in [0.717, 1.165) is 38.2 Å². The van der Waals surface area contributed by atoms with Crippen LogP contribution in [0.3, 0.4) is 0 Å². The zero-order chi connectivity index (χ0) is 25.7. The van der Waals surface area contributed by atoms with Gasteiger partial charge in [-0.3, -0.25) is 0 Å². The van der Waals surface area contributed by atoms with Crippen LogP contribution in [0, 0.1) is 0 Å². The van der Waals surface area contributed by atoms with E-state index in [0.29, 0.717) is 51.3 Å². The van der Waals surface area contributed by atoms with Crippen molar-refractivity contribution in [3.05, 3.63) is 29.8 Å². The summed E-state index contributed by atoms with van der Waals surface area (Å²) in [4.78, 5) is 25.8. The van der Waals surface area contributed by atoms with E-state index in [1.807, 2.05) is 0 Å². The molecule has 0 spiro atoms. The van der Waals surface area contributed by atoms with Gasteiger partial charge in [-0.1, -0.05) is 31.4 Å². The van der Waals surface area contributed by atoms with Gasteiger partial charge in [0.1, 0.15) is 12.4 Å². The molecule has 1 aromatic rings. The average Bonchev–Trinajstić information content (AvgIpc) is 3.30. The lowest BCUT2D eigenvalue weighted by Gasteiger charge is -2.25. The van der Waals surface area contributed by atoms with Gasteiger partial charge in [-0.2, -0.15) is 0 Å². The Morgan fingerprint density at radius 3 is 2.43 bits per heavy atom. The molecule has 35 heavy (non-hydrogen) atoms. The van der Waals surface area contributed by atoms with Crippen LogP contribution < -0.4 is 10.1 Å². The number of carboxylic acids is 1. The molecule has 0 radical (unpaired) electrons. The fourth-order valence-corrected chi connectivity index (χ4v) is 4.19. The van der Waals surface area contributed by atoms with E-state index in [2.05, 4.69) is 5.32 Å². The first-order valence-electron chi connectivity index (χ1n) is 12.7. The van der Waals surface area contributed by atoms with E-state index in [4.69, 9.17) is 9.47 Å². The molecule has 2 N–H and O–H groups in total. The summed E-state index contributed by atoms with van der Waals surface area (Å²) in [6.45, 7) is 4.19. The van der Waals surface area contributed by atoms with Gasteiger partial charge in [0.25, 0.3) is 0 Å². The summed E-state index contributed by atoms with van der Waals surface area (Å²) in [5, 5.41) is 12.3. The molecule has 1 atom stereocenters. The highest BCUT2D eigenvalue weighted by Crippen LogP contribution is 2.21. The molecule has 0 aliphatic heterocycles. The Labute approximate surface area is 207 Å². The minimum Gasteiger partial charge on any atom is -0.492 e. The molecular weight excluding hydrogens is 458 g/mol. The molecule has 0 heterocycles. The fraction of sp³-hybridized carbons (Fsp3) is 0.692. The molecule has 1 unspecified atom stereocenters. The van der Waals surface area contributed by atoms with Crippen molar-refractivity contribution in [2.75, 3.05) is 26.3 Å². The number of nitrogens with one attached hydrogen (secondary N) is 1. The number of unbranched alkanes of at least 4 members (excludes halogenated alkanes) is 2. The summed E-state index contributed by atoms with van der Waals surface area (Å²) in [6, 6.07) is 7.22. The summed E-state index contributed by atoms with van der Waals surface area (Å²) >= 11 is 0. The van der Waals surface area contributed by atoms with Crippen LogP contribution in [0.5, 0.6) is 5.75 Å². The van der Waals surface area contributed by atoms with E-state index in [9.17, 15) is 23.5 Å². The number of carbonyl (C=O) groups excluding carboxylic acids is 1. The lowest BCUT2D eigenvalue weighted by molar-refractivity contribution is -0.149. The summed E-state index contributed by atoms with van der Waals surface area (Å²) in [5.41, 5.74) is 0.827. The van der Waals surface area contributed by atoms with Crippen LogP contribution >= 0.6 is 0 Å². The maximum absolute atomic E-state index is 13.0. The van der Waals surface area contributed by atoms with Gasteiger partial charge in [-0.25, -0.2) is 18.4 Å². The number of aliphatic carboxylic acids is 1. The number of benzene rings is 1. The van der Waals surface area contributed by atoms with Gasteiger partial charge < -0.3 is 24.8 Å². The molecule has 1 aromatic carbocycles. The van der Waals surface area contributed by atoms with Crippen LogP contribution in [-0.2, 0) is 16.0 Å². The van der Waals surface area contributed by atoms with Gasteiger partial charge in [-0.05, 0) is 57.2 Å². The minimum absolute atomic E-state index is 0.132. The van der Waals surface area contributed by atoms with E-state index < -0.39 is 18.0 Å². The normalized spacial score (nSPS) is 15.1. The number of hydrogen-bond donors (Lipinski definition) is 2. The molecule has 9 heteroatoms. The molecule has 2 rings (SSSR count). The monoisotopic (exact) mass is 498 g/mol. The molecule has 1 aliphatic rings. The Morgan fingerprint density at radius 1 is 1.14 bits per heavy atom. The van der Waals surface area contributed by atoms with Crippen LogP contribution in [0.1, 0.15) is 70.8 Å². The highest BCUT2D eigenvalue weighted by atomic mass is 19.3. The summed E-state index contributed by atoms with van der Waals surface area (Å²) < 4.78 is 37.1. The average molecular weight is 499 g/mol. The lowest BCUT2D eigenvalue weighted by Crippen LogP contribution is -2.45. The van der Waals surface area contributed by atoms with Gasteiger partial charge in [-0.15, -0.1) is 0 Å². The SMILES string of the molecule is CCOC(Cc1ccc(OCCN(CCCCCC(C)(F)F)C(=O)NC2CCCC2)cc1)C(=O)O. The summed E-state index contributed by atoms with van der Waals surface area (Å²) in [5.74, 6) is -3.02. The lowest BCUT2D eigenvalue weighted by atomic mass is 10.1. The molecule has 0 bridgehead atoms. The first kappa shape index (κ1) is 28.8. The predicted molar refractivity (Wildman–Crippen MR) is 130 cm³/mol. The quantitative estimate of drug-likeness (QED) is 0.303. The van der Waals surface area contributed by atoms with Crippen molar-refractivity contribution in [2.24, 2.45) is 0 Å². The molecular formula is C26H40F2N2O5. The molecule has 1 fully saturated rings. The number of rotatable bonds is 16. The number of halogens is 2. The van der Waals surface area contributed by atoms with Crippen molar-refractivity contribution in [3.8, 4) is 5.75 Å². The number of alkyl halides is 2. The highest BCUT2D eigenvalue weighted by Gasteiger charge is 2.22. The van der Waals surface area contributed by atoms with Gasteiger partial charge in [0.2, 0.25) is 5.92 Å². The Kier molecular flexibility index (Phi) is 12.2. The number of carbonyl (C=O) groups is 2. The third-order valence-corrected chi connectivity index (χ3v) is 6.13. The molecule has 7 nitrogen and oxygen atoms in total. The first-order chi connectivity index (χ1) is 16.7. The van der Waals surface area contributed by atoms with Crippen LogP contribution in [0.4, 0.5) is 13.6 Å². The van der Waals surface area contributed by atoms with Crippen LogP contribution in [0.15, 0.2) is 24.3 Å². The molecule has 0 aromatic heterocycles. The number of nitrogens with zero attached hydrogens (tertiary/aromatic N) is 1. The zero-order valence-corrected chi connectivity index (χ0v) is 20.9. The Bertz CT molecular complexity index is 764. The van der Waals surface area contributed by atoms with E-state index in [1.165, 1.54) is 0 Å². The topological polar surface area (TPSA) is 88.1 Å². The maximum Gasteiger partial charge on any atom is 0.333 e. The van der Waals surface area contributed by atoms with Crippen molar-refractivity contribution in [1.82, 2.24) is 10.2 Å². The Hall–Kier alpha value is -2.42. The molecule has 198 valence electrons. The standard InChI is InChI=1S/C26H40F2N2O5/c1-3-34-23(24(31)32)19-20-11-13-22(14-12-20)35-18-17-30(16-8-4-7-15-26(2,27)28)25(33)29-21-9-5-6-10-21/h11-14,21,23H,3-10,15-19H2,1-2H3,(H,29,33)(H,31,32). The number of hydrogen-bond acceptors (Lipinski definition) is 4. The fourth-order valence-electron chi connectivity index (χ4n) is 4.19. The number of urea groups is 1. The zero-order valence-electron chi connectivity index (χ0n) is 20.9. The van der Waals surface area contributed by atoms with Crippen LogP contribution in [-0.4, -0.2) is 66.4 Å². The van der Waals surface area contributed by atoms with Crippen molar-refractivity contribution >= 4 is 12.0 Å². The third-order valence-electron chi connectivity index (χ3n) is 6.13. The van der Waals surface area contributed by atoms with Crippen molar-refractivity contribution < 1.29 is 33.0 Å². The number of ether oxygens (including phenoxy) is 2. The van der Waals surface area contributed by atoms with Gasteiger partial charge in [0.05, 0.1) is 6.54 Å². The highest BCUT2D eigenvalue weighted by molar-refractivity contribution is 5.74. The smallest absolute Gasteiger partial charge is 0.333 e. The Balaban J connectivity index is 1.83. The molecule has 1 aliphatic carbocycles.